The van der Waals surface area contributed by atoms with E-state index in [0.29, 0.717) is 16.9 Å². The first-order chi connectivity index (χ1) is 12.6. The molecule has 1 heterocycles. The highest BCUT2D eigenvalue weighted by Crippen LogP contribution is 2.36. The van der Waals surface area contributed by atoms with Gasteiger partial charge in [-0.25, -0.2) is 9.69 Å². The first-order valence-corrected chi connectivity index (χ1v) is 8.48. The molecule has 0 fully saturated rings. The second kappa shape index (κ2) is 6.05. The van der Waals surface area contributed by atoms with Crippen molar-refractivity contribution in [3.63, 3.8) is 0 Å². The van der Waals surface area contributed by atoms with Gasteiger partial charge in [-0.1, -0.05) is 22.0 Å². The average molecular weight is 397 g/mol. The molecule has 5 heteroatoms. The second-order valence-electron chi connectivity index (χ2n) is 5.77. The van der Waals surface area contributed by atoms with Crippen LogP contribution in [-0.4, -0.2) is 4.57 Å². The van der Waals surface area contributed by atoms with E-state index in [1.54, 1.807) is 18.2 Å². The summed E-state index contributed by atoms with van der Waals surface area (Å²) in [5.74, 6) is 0. The summed E-state index contributed by atoms with van der Waals surface area (Å²) < 4.78 is 2.88. The van der Waals surface area contributed by atoms with E-state index in [-0.39, 0.29) is 0 Å². The fraction of sp³-hybridized carbons (Fsp3) is 0. The van der Waals surface area contributed by atoms with E-state index in [2.05, 4.69) is 36.3 Å². The minimum Gasteiger partial charge on any atom is -0.311 e. The molecule has 120 valence electrons. The van der Waals surface area contributed by atoms with E-state index in [1.165, 1.54) is 0 Å². The van der Waals surface area contributed by atoms with E-state index >= 15 is 0 Å². The number of hydrogen-bond acceptors (Lipinski definition) is 1. The van der Waals surface area contributed by atoms with Crippen LogP contribution in [0.3, 0.4) is 0 Å². The number of fused-ring (bicyclic) bond motifs is 3. The zero-order valence-electron chi connectivity index (χ0n) is 13.4. The summed E-state index contributed by atoms with van der Waals surface area (Å²) in [7, 11) is 0. The zero-order chi connectivity index (χ0) is 18.3. The van der Waals surface area contributed by atoms with Crippen LogP contribution in [0.2, 0.25) is 0 Å². The molecular formula is C21H9BrN4. The summed E-state index contributed by atoms with van der Waals surface area (Å²) in [6, 6.07) is 18.8. The van der Waals surface area contributed by atoms with Gasteiger partial charge < -0.3 is 4.57 Å². The number of hydrogen-bond donors (Lipinski definition) is 0. The second-order valence-corrected chi connectivity index (χ2v) is 6.69. The van der Waals surface area contributed by atoms with Crippen LogP contribution in [0.4, 0.5) is 11.4 Å². The average Bonchev–Trinajstić information content (AvgIpc) is 3.00. The molecule has 0 aliphatic rings. The molecule has 0 spiro atoms. The highest BCUT2D eigenvalue weighted by Gasteiger charge is 2.14. The van der Waals surface area contributed by atoms with Gasteiger partial charge in [0.25, 0.3) is 0 Å². The lowest BCUT2D eigenvalue weighted by molar-refractivity contribution is 1.18. The Balaban J connectivity index is 2.18. The number of nitriles is 1. The van der Waals surface area contributed by atoms with Crippen molar-refractivity contribution in [3.05, 3.63) is 87.5 Å². The topological polar surface area (TPSA) is 37.4 Å². The molecule has 1 aromatic heterocycles. The molecule has 0 amide bonds. The van der Waals surface area contributed by atoms with Gasteiger partial charge in [-0.15, -0.1) is 0 Å². The van der Waals surface area contributed by atoms with Crippen LogP contribution in [0.5, 0.6) is 0 Å². The van der Waals surface area contributed by atoms with Crippen molar-refractivity contribution < 1.29 is 0 Å². The van der Waals surface area contributed by atoms with Crippen LogP contribution < -0.4 is 0 Å². The Morgan fingerprint density at radius 1 is 0.846 bits per heavy atom. The number of rotatable bonds is 1. The van der Waals surface area contributed by atoms with Crippen molar-refractivity contribution >= 4 is 49.1 Å². The highest BCUT2D eigenvalue weighted by atomic mass is 79.9. The van der Waals surface area contributed by atoms with Gasteiger partial charge >= 0.3 is 0 Å². The number of aromatic nitrogens is 1. The Labute approximate surface area is 158 Å². The van der Waals surface area contributed by atoms with Gasteiger partial charge in [-0.3, -0.25) is 0 Å². The fourth-order valence-corrected chi connectivity index (χ4v) is 3.65. The van der Waals surface area contributed by atoms with E-state index in [9.17, 15) is 5.26 Å². The summed E-state index contributed by atoms with van der Waals surface area (Å²) in [5.41, 5.74) is 4.36. The molecule has 0 aliphatic carbocycles. The monoisotopic (exact) mass is 396 g/mol. The Hall–Kier alpha value is -3.59. The SMILES string of the molecule is [C-]#[N+]c1cc(Br)cc(-n2c3ccc(C#N)cc3c3cc([N+]#[C-])ccc32)c1. The Morgan fingerprint density at radius 2 is 1.54 bits per heavy atom. The molecule has 0 atom stereocenters. The predicted molar refractivity (Wildman–Crippen MR) is 106 cm³/mol. The Kier molecular flexibility index (Phi) is 3.70. The van der Waals surface area contributed by atoms with Gasteiger partial charge in [0.2, 0.25) is 0 Å². The Morgan fingerprint density at radius 3 is 2.23 bits per heavy atom. The van der Waals surface area contributed by atoms with Crippen molar-refractivity contribution in [1.82, 2.24) is 4.57 Å². The van der Waals surface area contributed by atoms with Gasteiger partial charge in [0.05, 0.1) is 35.8 Å². The van der Waals surface area contributed by atoms with E-state index in [4.69, 9.17) is 13.1 Å². The molecule has 4 nitrogen and oxygen atoms in total. The van der Waals surface area contributed by atoms with E-state index < -0.39 is 0 Å². The quantitative estimate of drug-likeness (QED) is 0.337. The molecule has 26 heavy (non-hydrogen) atoms. The van der Waals surface area contributed by atoms with Gasteiger partial charge in [0.15, 0.2) is 11.4 Å². The van der Waals surface area contributed by atoms with Crippen molar-refractivity contribution in [2.45, 2.75) is 0 Å². The largest absolute Gasteiger partial charge is 0.311 e. The summed E-state index contributed by atoms with van der Waals surface area (Å²) in [4.78, 5) is 7.06. The van der Waals surface area contributed by atoms with Gasteiger partial charge in [0, 0.05) is 15.5 Å². The maximum Gasteiger partial charge on any atom is 0.190 e. The molecule has 4 aromatic rings. The van der Waals surface area contributed by atoms with Crippen LogP contribution in [0, 0.1) is 24.5 Å². The summed E-state index contributed by atoms with van der Waals surface area (Å²) in [6.07, 6.45) is 0. The number of benzene rings is 3. The summed E-state index contributed by atoms with van der Waals surface area (Å²) in [6.45, 7) is 14.6. The summed E-state index contributed by atoms with van der Waals surface area (Å²) in [5, 5.41) is 11.1. The fourth-order valence-electron chi connectivity index (χ4n) is 3.18. The van der Waals surface area contributed by atoms with E-state index in [1.807, 2.05) is 36.4 Å². The van der Waals surface area contributed by atoms with Crippen molar-refractivity contribution in [2.75, 3.05) is 0 Å². The molecule has 0 aliphatic heterocycles. The van der Waals surface area contributed by atoms with Crippen LogP contribution in [-0.2, 0) is 0 Å². The smallest absolute Gasteiger partial charge is 0.190 e. The zero-order valence-corrected chi connectivity index (χ0v) is 14.9. The molecule has 0 saturated carbocycles. The first kappa shape index (κ1) is 15.9. The van der Waals surface area contributed by atoms with Crippen molar-refractivity contribution in [1.29, 1.82) is 5.26 Å². The molecule has 0 radical (unpaired) electrons. The highest BCUT2D eigenvalue weighted by molar-refractivity contribution is 9.10. The first-order valence-electron chi connectivity index (χ1n) is 7.69. The molecule has 0 bridgehead atoms. The third kappa shape index (κ3) is 2.42. The number of halogens is 1. The Bertz CT molecular complexity index is 1260. The van der Waals surface area contributed by atoms with E-state index in [0.717, 1.165) is 32.0 Å². The lowest BCUT2D eigenvalue weighted by Crippen LogP contribution is -1.93. The minimum absolute atomic E-state index is 0.538. The maximum atomic E-state index is 9.25. The molecule has 0 N–H and O–H groups in total. The van der Waals surface area contributed by atoms with Crippen molar-refractivity contribution in [2.24, 2.45) is 0 Å². The lowest BCUT2D eigenvalue weighted by Gasteiger charge is -2.09. The van der Waals surface area contributed by atoms with Crippen LogP contribution >= 0.6 is 15.9 Å². The molecule has 4 rings (SSSR count). The lowest BCUT2D eigenvalue weighted by atomic mass is 10.1. The molecule has 0 unspecified atom stereocenters. The maximum absolute atomic E-state index is 9.25. The van der Waals surface area contributed by atoms with Gasteiger partial charge in [0.1, 0.15) is 0 Å². The summed E-state index contributed by atoms with van der Waals surface area (Å²) >= 11 is 3.47. The van der Waals surface area contributed by atoms with Crippen molar-refractivity contribution in [3.8, 4) is 11.8 Å². The molecule has 3 aromatic carbocycles. The van der Waals surface area contributed by atoms with Crippen LogP contribution in [0.1, 0.15) is 5.56 Å². The van der Waals surface area contributed by atoms with Crippen LogP contribution in [0.25, 0.3) is 37.2 Å². The normalized spacial score (nSPS) is 10.4. The standard InChI is InChI=1S/C21H9BrN4/c1-24-15-4-6-21-19(11-15)18-7-13(12-23)3-5-20(18)26(21)17-9-14(22)8-16(10-17)25-2/h3-11H. The number of nitrogens with zero attached hydrogens (tertiary/aromatic N) is 4. The van der Waals surface area contributed by atoms with Crippen LogP contribution in [0.15, 0.2) is 59.1 Å². The minimum atomic E-state index is 0.538. The predicted octanol–water partition coefficient (Wildman–Crippen LogP) is 6.52. The van der Waals surface area contributed by atoms with Gasteiger partial charge in [-0.05, 0) is 53.9 Å². The molecular weight excluding hydrogens is 388 g/mol. The van der Waals surface area contributed by atoms with Gasteiger partial charge in [-0.2, -0.15) is 5.26 Å². The third-order valence-corrected chi connectivity index (χ3v) is 4.72. The molecule has 0 saturated heterocycles. The third-order valence-electron chi connectivity index (χ3n) is 4.26.